The van der Waals surface area contributed by atoms with Crippen molar-refractivity contribution >= 4 is 11.4 Å². The molecule has 3 heteroatoms. The molecule has 0 amide bonds. The summed E-state index contributed by atoms with van der Waals surface area (Å²) in [6.07, 6.45) is 0. The van der Waals surface area contributed by atoms with Gasteiger partial charge in [0.2, 0.25) is 0 Å². The van der Waals surface area contributed by atoms with Crippen molar-refractivity contribution in [2.75, 3.05) is 17.2 Å². The molecule has 1 aromatic rings. The second-order valence-electron chi connectivity index (χ2n) is 3.46. The van der Waals surface area contributed by atoms with Crippen molar-refractivity contribution < 1.29 is 5.11 Å². The Morgan fingerprint density at radius 2 is 2.31 bits per heavy atom. The number of rotatable bonds is 1. The molecule has 2 rings (SSSR count). The van der Waals surface area contributed by atoms with Crippen LogP contribution in [-0.2, 0) is 6.61 Å². The highest BCUT2D eigenvalue weighted by Gasteiger charge is 2.12. The van der Waals surface area contributed by atoms with Crippen molar-refractivity contribution in [1.82, 2.24) is 0 Å². The van der Waals surface area contributed by atoms with Gasteiger partial charge in [-0.1, -0.05) is 6.07 Å². The zero-order valence-corrected chi connectivity index (χ0v) is 7.67. The van der Waals surface area contributed by atoms with Crippen LogP contribution in [0.25, 0.3) is 0 Å². The minimum Gasteiger partial charge on any atom is -0.392 e. The quantitative estimate of drug-likeness (QED) is 0.609. The number of nitrogens with one attached hydrogen (secondary N) is 2. The fraction of sp³-hybridized carbons (Fsp3) is 0.400. The highest BCUT2D eigenvalue weighted by atomic mass is 16.3. The third kappa shape index (κ3) is 1.60. The molecule has 3 nitrogen and oxygen atoms in total. The van der Waals surface area contributed by atoms with E-state index in [1.807, 2.05) is 18.2 Å². The molecule has 0 aromatic heterocycles. The number of hydrogen-bond donors (Lipinski definition) is 3. The van der Waals surface area contributed by atoms with E-state index in [1.165, 1.54) is 0 Å². The predicted octanol–water partition coefficient (Wildman–Crippen LogP) is 1.40. The highest BCUT2D eigenvalue weighted by molar-refractivity contribution is 5.72. The van der Waals surface area contributed by atoms with Crippen molar-refractivity contribution in [1.29, 1.82) is 0 Å². The lowest BCUT2D eigenvalue weighted by molar-refractivity contribution is 0.282. The minimum absolute atomic E-state index is 0.101. The number of benzene rings is 1. The number of aliphatic hydroxyl groups is 1. The van der Waals surface area contributed by atoms with Gasteiger partial charge in [-0.2, -0.15) is 0 Å². The van der Waals surface area contributed by atoms with Crippen molar-refractivity contribution in [2.45, 2.75) is 19.6 Å². The second-order valence-corrected chi connectivity index (χ2v) is 3.46. The third-order valence-corrected chi connectivity index (χ3v) is 2.27. The summed E-state index contributed by atoms with van der Waals surface area (Å²) in [4.78, 5) is 0. The van der Waals surface area contributed by atoms with Crippen LogP contribution in [-0.4, -0.2) is 17.7 Å². The molecule has 0 saturated heterocycles. The smallest absolute Gasteiger partial charge is 0.0682 e. The Morgan fingerprint density at radius 1 is 1.46 bits per heavy atom. The van der Waals surface area contributed by atoms with Gasteiger partial charge in [-0.3, -0.25) is 0 Å². The summed E-state index contributed by atoms with van der Waals surface area (Å²) in [5, 5.41) is 15.6. The molecule has 70 valence electrons. The maximum Gasteiger partial charge on any atom is 0.0682 e. The van der Waals surface area contributed by atoms with E-state index in [9.17, 15) is 0 Å². The number of aliphatic hydroxyl groups excluding tert-OH is 1. The molecular formula is C10H14N2O. The first-order valence-corrected chi connectivity index (χ1v) is 4.54. The van der Waals surface area contributed by atoms with Crippen LogP contribution in [0.5, 0.6) is 0 Å². The first-order chi connectivity index (χ1) is 6.29. The van der Waals surface area contributed by atoms with E-state index in [0.29, 0.717) is 6.04 Å². The molecule has 3 N–H and O–H groups in total. The van der Waals surface area contributed by atoms with E-state index >= 15 is 0 Å². The van der Waals surface area contributed by atoms with Gasteiger partial charge in [-0.25, -0.2) is 0 Å². The Kier molecular flexibility index (Phi) is 2.10. The summed E-state index contributed by atoms with van der Waals surface area (Å²) in [5.41, 5.74) is 3.16. The molecule has 0 saturated carbocycles. The van der Waals surface area contributed by atoms with Crippen LogP contribution in [0.2, 0.25) is 0 Å². The van der Waals surface area contributed by atoms with Crippen molar-refractivity contribution in [3.05, 3.63) is 23.8 Å². The Morgan fingerprint density at radius 3 is 3.08 bits per heavy atom. The van der Waals surface area contributed by atoms with Crippen LogP contribution < -0.4 is 10.6 Å². The average Bonchev–Trinajstić information content (AvgIpc) is 2.16. The molecule has 0 radical (unpaired) electrons. The summed E-state index contributed by atoms with van der Waals surface area (Å²) in [5.74, 6) is 0. The lowest BCUT2D eigenvalue weighted by Gasteiger charge is -2.26. The van der Waals surface area contributed by atoms with Crippen LogP contribution >= 0.6 is 0 Å². The molecule has 1 atom stereocenters. The SMILES string of the molecule is C[C@@H]1CNc2ccc(CO)cc2N1. The van der Waals surface area contributed by atoms with Gasteiger partial charge in [-0.05, 0) is 24.6 Å². The molecule has 0 unspecified atom stereocenters. The molecule has 1 aliphatic heterocycles. The molecule has 1 heterocycles. The number of fused-ring (bicyclic) bond motifs is 1. The lowest BCUT2D eigenvalue weighted by atomic mass is 10.1. The van der Waals surface area contributed by atoms with Crippen LogP contribution in [0.1, 0.15) is 12.5 Å². The number of hydrogen-bond acceptors (Lipinski definition) is 3. The molecular weight excluding hydrogens is 164 g/mol. The van der Waals surface area contributed by atoms with Gasteiger partial charge in [0.1, 0.15) is 0 Å². The Hall–Kier alpha value is -1.22. The third-order valence-electron chi connectivity index (χ3n) is 2.27. The Labute approximate surface area is 77.8 Å². The van der Waals surface area contributed by atoms with Crippen LogP contribution in [0.15, 0.2) is 18.2 Å². The van der Waals surface area contributed by atoms with E-state index < -0.39 is 0 Å². The second kappa shape index (κ2) is 3.26. The molecule has 13 heavy (non-hydrogen) atoms. The minimum atomic E-state index is 0.101. The molecule has 0 fully saturated rings. The van der Waals surface area contributed by atoms with Gasteiger partial charge < -0.3 is 15.7 Å². The first-order valence-electron chi connectivity index (χ1n) is 4.54. The Bertz CT molecular complexity index is 312. The highest BCUT2D eigenvalue weighted by Crippen LogP contribution is 2.26. The van der Waals surface area contributed by atoms with Gasteiger partial charge >= 0.3 is 0 Å². The summed E-state index contributed by atoms with van der Waals surface area (Å²) in [6.45, 7) is 3.18. The topological polar surface area (TPSA) is 44.3 Å². The van der Waals surface area contributed by atoms with E-state index in [-0.39, 0.29) is 6.61 Å². The summed E-state index contributed by atoms with van der Waals surface area (Å²) in [6, 6.07) is 6.36. The van der Waals surface area contributed by atoms with Crippen molar-refractivity contribution in [3.8, 4) is 0 Å². The maximum absolute atomic E-state index is 8.96. The molecule has 1 aromatic carbocycles. The molecule has 0 aliphatic carbocycles. The van der Waals surface area contributed by atoms with Gasteiger partial charge in [0.05, 0.1) is 18.0 Å². The fourth-order valence-corrected chi connectivity index (χ4v) is 1.54. The van der Waals surface area contributed by atoms with Crippen molar-refractivity contribution in [2.24, 2.45) is 0 Å². The van der Waals surface area contributed by atoms with Gasteiger partial charge in [0.25, 0.3) is 0 Å². The fourth-order valence-electron chi connectivity index (χ4n) is 1.54. The maximum atomic E-state index is 8.96. The summed E-state index contributed by atoms with van der Waals surface area (Å²) in [7, 11) is 0. The van der Waals surface area contributed by atoms with E-state index in [1.54, 1.807) is 0 Å². The lowest BCUT2D eigenvalue weighted by Crippen LogP contribution is -2.30. The van der Waals surface area contributed by atoms with Gasteiger partial charge in [0, 0.05) is 12.6 Å². The predicted molar refractivity (Wildman–Crippen MR) is 53.9 cm³/mol. The van der Waals surface area contributed by atoms with Crippen LogP contribution in [0.3, 0.4) is 0 Å². The molecule has 1 aliphatic rings. The van der Waals surface area contributed by atoms with E-state index in [0.717, 1.165) is 23.5 Å². The number of anilines is 2. The zero-order chi connectivity index (χ0) is 9.26. The normalized spacial score (nSPS) is 20.0. The summed E-state index contributed by atoms with van der Waals surface area (Å²) >= 11 is 0. The van der Waals surface area contributed by atoms with E-state index in [2.05, 4.69) is 17.6 Å². The zero-order valence-electron chi connectivity index (χ0n) is 7.67. The standard InChI is InChI=1S/C10H14N2O/c1-7-5-11-9-3-2-8(6-13)4-10(9)12-7/h2-4,7,11-13H,5-6H2,1H3/t7-/m1/s1. The molecule has 0 spiro atoms. The largest absolute Gasteiger partial charge is 0.392 e. The molecule has 0 bridgehead atoms. The monoisotopic (exact) mass is 178 g/mol. The average molecular weight is 178 g/mol. The Balaban J connectivity index is 2.32. The van der Waals surface area contributed by atoms with Gasteiger partial charge in [0.15, 0.2) is 0 Å². The van der Waals surface area contributed by atoms with Gasteiger partial charge in [-0.15, -0.1) is 0 Å². The van der Waals surface area contributed by atoms with E-state index in [4.69, 9.17) is 5.11 Å². The summed E-state index contributed by atoms with van der Waals surface area (Å²) < 4.78 is 0. The van der Waals surface area contributed by atoms with Crippen LogP contribution in [0, 0.1) is 0 Å². The van der Waals surface area contributed by atoms with Crippen LogP contribution in [0.4, 0.5) is 11.4 Å². The van der Waals surface area contributed by atoms with Crippen molar-refractivity contribution in [3.63, 3.8) is 0 Å². The first kappa shape index (κ1) is 8.38.